The molecule has 1 aliphatic rings. The first-order valence-corrected chi connectivity index (χ1v) is 8.13. The molecule has 0 spiro atoms. The lowest BCUT2D eigenvalue weighted by atomic mass is 9.81. The molecule has 0 aliphatic heterocycles. The number of ether oxygens (including phenoxy) is 1. The summed E-state index contributed by atoms with van der Waals surface area (Å²) in [6, 6.07) is 4.10. The second-order valence-electron chi connectivity index (χ2n) is 6.87. The molecule has 0 heterocycles. The van der Waals surface area contributed by atoms with E-state index in [1.807, 2.05) is 6.07 Å². The van der Waals surface area contributed by atoms with Gasteiger partial charge in [0.15, 0.2) is 0 Å². The molecular formula is C17H23BrO3. The molecule has 0 amide bonds. The van der Waals surface area contributed by atoms with E-state index in [2.05, 4.69) is 42.8 Å². The van der Waals surface area contributed by atoms with Gasteiger partial charge in [-0.05, 0) is 41.9 Å². The number of aliphatic carboxylic acids is 1. The van der Waals surface area contributed by atoms with Crippen LogP contribution in [-0.4, -0.2) is 18.2 Å². The van der Waals surface area contributed by atoms with Crippen LogP contribution in [0.5, 0.6) is 5.75 Å². The maximum absolute atomic E-state index is 11.2. The SMILES string of the molecule is COc1c(C(CC(=O)O)C2CC2)cc(Br)cc1C(C)(C)C. The predicted octanol–water partition coefficient (Wildman–Crippen LogP) is 4.72. The van der Waals surface area contributed by atoms with Gasteiger partial charge in [-0.15, -0.1) is 0 Å². The van der Waals surface area contributed by atoms with Gasteiger partial charge in [0, 0.05) is 16.0 Å². The molecule has 2 rings (SSSR count). The maximum Gasteiger partial charge on any atom is 0.303 e. The van der Waals surface area contributed by atoms with Crippen LogP contribution in [0.4, 0.5) is 0 Å². The molecule has 1 fully saturated rings. The van der Waals surface area contributed by atoms with Crippen LogP contribution in [0, 0.1) is 5.92 Å². The average Bonchev–Trinajstić information content (AvgIpc) is 3.17. The summed E-state index contributed by atoms with van der Waals surface area (Å²) < 4.78 is 6.67. The number of hydrogen-bond acceptors (Lipinski definition) is 2. The number of carboxylic acids is 1. The van der Waals surface area contributed by atoms with Crippen molar-refractivity contribution in [3.63, 3.8) is 0 Å². The highest BCUT2D eigenvalue weighted by Crippen LogP contribution is 2.49. The third-order valence-corrected chi connectivity index (χ3v) is 4.54. The fourth-order valence-electron chi connectivity index (χ4n) is 2.89. The van der Waals surface area contributed by atoms with Crippen molar-refractivity contribution in [1.82, 2.24) is 0 Å². The summed E-state index contributed by atoms with van der Waals surface area (Å²) in [7, 11) is 1.67. The van der Waals surface area contributed by atoms with E-state index in [0.717, 1.165) is 34.2 Å². The Morgan fingerprint density at radius 2 is 2.05 bits per heavy atom. The number of rotatable bonds is 5. The molecule has 4 heteroatoms. The zero-order valence-electron chi connectivity index (χ0n) is 13.1. The molecule has 0 radical (unpaired) electrons. The molecule has 21 heavy (non-hydrogen) atoms. The Bertz CT molecular complexity index is 542. The molecule has 1 atom stereocenters. The summed E-state index contributed by atoms with van der Waals surface area (Å²) in [5.74, 6) is 0.614. The highest BCUT2D eigenvalue weighted by atomic mass is 79.9. The number of methoxy groups -OCH3 is 1. The highest BCUT2D eigenvalue weighted by molar-refractivity contribution is 9.10. The smallest absolute Gasteiger partial charge is 0.303 e. The van der Waals surface area contributed by atoms with Crippen LogP contribution in [0.3, 0.4) is 0 Å². The Kier molecular flexibility index (Phi) is 4.66. The number of benzene rings is 1. The summed E-state index contributed by atoms with van der Waals surface area (Å²) in [6.45, 7) is 6.43. The summed E-state index contributed by atoms with van der Waals surface area (Å²) in [4.78, 5) is 11.2. The lowest BCUT2D eigenvalue weighted by Gasteiger charge is -2.27. The summed E-state index contributed by atoms with van der Waals surface area (Å²) in [5, 5.41) is 9.23. The van der Waals surface area contributed by atoms with Crippen LogP contribution in [0.25, 0.3) is 0 Å². The Balaban J connectivity index is 2.55. The van der Waals surface area contributed by atoms with E-state index in [-0.39, 0.29) is 17.8 Å². The van der Waals surface area contributed by atoms with Crippen LogP contribution < -0.4 is 4.74 Å². The molecule has 0 aromatic heterocycles. The second kappa shape index (κ2) is 5.99. The molecule has 3 nitrogen and oxygen atoms in total. The van der Waals surface area contributed by atoms with Crippen LogP contribution in [0.1, 0.15) is 57.1 Å². The van der Waals surface area contributed by atoms with Crippen molar-refractivity contribution in [2.24, 2.45) is 5.92 Å². The van der Waals surface area contributed by atoms with E-state index in [1.54, 1.807) is 7.11 Å². The summed E-state index contributed by atoms with van der Waals surface area (Å²) in [5.41, 5.74) is 2.09. The van der Waals surface area contributed by atoms with Gasteiger partial charge in [-0.1, -0.05) is 36.7 Å². The minimum atomic E-state index is -0.744. The zero-order valence-corrected chi connectivity index (χ0v) is 14.7. The first-order chi connectivity index (χ1) is 9.74. The molecule has 1 aromatic rings. The first-order valence-electron chi connectivity index (χ1n) is 7.33. The fourth-order valence-corrected chi connectivity index (χ4v) is 3.37. The highest BCUT2D eigenvalue weighted by Gasteiger charge is 2.37. The molecule has 0 saturated heterocycles. The predicted molar refractivity (Wildman–Crippen MR) is 87.1 cm³/mol. The lowest BCUT2D eigenvalue weighted by Crippen LogP contribution is -2.16. The summed E-state index contributed by atoms with van der Waals surface area (Å²) in [6.07, 6.45) is 2.39. The fraction of sp³-hybridized carbons (Fsp3) is 0.588. The average molecular weight is 355 g/mol. The van der Waals surface area contributed by atoms with Gasteiger partial charge in [0.05, 0.1) is 13.5 Å². The maximum atomic E-state index is 11.2. The van der Waals surface area contributed by atoms with Crippen LogP contribution in [0.15, 0.2) is 16.6 Å². The van der Waals surface area contributed by atoms with Gasteiger partial charge in [-0.3, -0.25) is 4.79 Å². The molecule has 1 N–H and O–H groups in total. The lowest BCUT2D eigenvalue weighted by molar-refractivity contribution is -0.137. The van der Waals surface area contributed by atoms with Crippen molar-refractivity contribution in [3.05, 3.63) is 27.7 Å². The van der Waals surface area contributed by atoms with Gasteiger partial charge in [-0.25, -0.2) is 0 Å². The molecule has 1 aromatic carbocycles. The van der Waals surface area contributed by atoms with Crippen molar-refractivity contribution in [3.8, 4) is 5.75 Å². The van der Waals surface area contributed by atoms with Gasteiger partial charge in [-0.2, -0.15) is 0 Å². The number of hydrogen-bond donors (Lipinski definition) is 1. The van der Waals surface area contributed by atoms with E-state index < -0.39 is 5.97 Å². The number of halogens is 1. The second-order valence-corrected chi connectivity index (χ2v) is 7.78. The Morgan fingerprint density at radius 1 is 1.43 bits per heavy atom. The number of carbonyl (C=O) groups is 1. The molecule has 1 aliphatic carbocycles. The van der Waals surface area contributed by atoms with Crippen molar-refractivity contribution >= 4 is 21.9 Å². The van der Waals surface area contributed by atoms with Gasteiger partial charge < -0.3 is 9.84 Å². The zero-order chi connectivity index (χ0) is 15.8. The van der Waals surface area contributed by atoms with Crippen molar-refractivity contribution in [2.75, 3.05) is 7.11 Å². The van der Waals surface area contributed by atoms with Crippen LogP contribution in [0.2, 0.25) is 0 Å². The Morgan fingerprint density at radius 3 is 2.48 bits per heavy atom. The van der Waals surface area contributed by atoms with E-state index in [0.29, 0.717) is 5.92 Å². The molecule has 0 bridgehead atoms. The van der Waals surface area contributed by atoms with Crippen LogP contribution >= 0.6 is 15.9 Å². The molecule has 1 saturated carbocycles. The first kappa shape index (κ1) is 16.3. The van der Waals surface area contributed by atoms with Crippen molar-refractivity contribution in [2.45, 2.75) is 51.4 Å². The van der Waals surface area contributed by atoms with Gasteiger partial charge >= 0.3 is 5.97 Å². The standard InChI is InChI=1S/C17H23BrO3/c1-17(2,3)14-8-11(18)7-13(16(14)21-4)12(9-15(19)20)10-5-6-10/h7-8,10,12H,5-6,9H2,1-4H3,(H,19,20). The van der Waals surface area contributed by atoms with Crippen molar-refractivity contribution in [1.29, 1.82) is 0 Å². The molecule has 1 unspecified atom stereocenters. The van der Waals surface area contributed by atoms with E-state index in [9.17, 15) is 9.90 Å². The largest absolute Gasteiger partial charge is 0.496 e. The Hall–Kier alpha value is -1.03. The van der Waals surface area contributed by atoms with Gasteiger partial charge in [0.25, 0.3) is 0 Å². The van der Waals surface area contributed by atoms with E-state index >= 15 is 0 Å². The molecular weight excluding hydrogens is 332 g/mol. The van der Waals surface area contributed by atoms with Gasteiger partial charge in [0.2, 0.25) is 0 Å². The van der Waals surface area contributed by atoms with Gasteiger partial charge in [0.1, 0.15) is 5.75 Å². The minimum absolute atomic E-state index is 0.0380. The topological polar surface area (TPSA) is 46.5 Å². The summed E-state index contributed by atoms with van der Waals surface area (Å²) >= 11 is 3.57. The normalized spacial score (nSPS) is 16.6. The third-order valence-electron chi connectivity index (χ3n) is 4.08. The van der Waals surface area contributed by atoms with Crippen molar-refractivity contribution < 1.29 is 14.6 Å². The Labute approximate surface area is 134 Å². The van der Waals surface area contributed by atoms with E-state index in [1.165, 1.54) is 0 Å². The monoisotopic (exact) mass is 354 g/mol. The van der Waals surface area contributed by atoms with Crippen LogP contribution in [-0.2, 0) is 10.2 Å². The van der Waals surface area contributed by atoms with E-state index in [4.69, 9.17) is 4.74 Å². The molecule has 116 valence electrons. The number of carboxylic acid groups (broad SMARTS) is 1. The quantitative estimate of drug-likeness (QED) is 0.831. The minimum Gasteiger partial charge on any atom is -0.496 e. The third kappa shape index (κ3) is 3.79.